The molecule has 0 saturated carbocycles. The van der Waals surface area contributed by atoms with Crippen molar-refractivity contribution in [3.63, 3.8) is 0 Å². The van der Waals surface area contributed by atoms with E-state index < -0.39 is 22.2 Å². The lowest BCUT2D eigenvalue weighted by Crippen LogP contribution is -2.38. The number of benzene rings is 3. The molecule has 0 amide bonds. The van der Waals surface area contributed by atoms with Crippen molar-refractivity contribution in [3.05, 3.63) is 173 Å². The van der Waals surface area contributed by atoms with E-state index in [9.17, 15) is 24.0 Å². The summed E-state index contributed by atoms with van der Waals surface area (Å²) in [7, 11) is -1.47. The lowest BCUT2D eigenvalue weighted by atomic mass is 10.2. The predicted octanol–water partition coefficient (Wildman–Crippen LogP) is 2.82. The number of fused-ring (bicyclic) bond motifs is 2. The van der Waals surface area contributed by atoms with E-state index in [1.54, 1.807) is 59.3 Å². The van der Waals surface area contributed by atoms with E-state index in [1.165, 1.54) is 16.8 Å². The lowest BCUT2D eigenvalue weighted by molar-refractivity contribution is 0.0393. The maximum absolute atomic E-state index is 13.4. The second-order valence-electron chi connectivity index (χ2n) is 15.1. The number of halogens is 2. The van der Waals surface area contributed by atoms with Crippen molar-refractivity contribution < 1.29 is 19.2 Å². The first-order valence-corrected chi connectivity index (χ1v) is 23.0. The first-order valence-electron chi connectivity index (χ1n) is 20.9. The van der Waals surface area contributed by atoms with Crippen LogP contribution in [0.2, 0.25) is 10.0 Å². The highest BCUT2D eigenvalue weighted by molar-refractivity contribution is 7.84. The first-order chi connectivity index (χ1) is 33.0. The molecule has 1 fully saturated rings. The number of aromatic amines is 4. The number of aromatic nitrogens is 10. The number of imidazole rings is 2. The maximum atomic E-state index is 13.4. The van der Waals surface area contributed by atoms with Crippen LogP contribution in [0, 0.1) is 0 Å². The van der Waals surface area contributed by atoms with Crippen LogP contribution in [-0.4, -0.2) is 108 Å². The molecule has 1 aliphatic rings. The van der Waals surface area contributed by atoms with Crippen LogP contribution in [0.1, 0.15) is 17.0 Å². The van der Waals surface area contributed by atoms with E-state index in [4.69, 9.17) is 37.9 Å². The Morgan fingerprint density at radius 3 is 2.06 bits per heavy atom. The van der Waals surface area contributed by atoms with Crippen LogP contribution in [0.4, 0.5) is 17.2 Å². The van der Waals surface area contributed by atoms with Gasteiger partial charge in [-0.2, -0.15) is 14.7 Å². The van der Waals surface area contributed by atoms with E-state index in [0.29, 0.717) is 65.8 Å². The third-order valence-corrected chi connectivity index (χ3v) is 12.1. The van der Waals surface area contributed by atoms with Crippen LogP contribution >= 0.6 is 23.2 Å². The Morgan fingerprint density at radius 2 is 1.41 bits per heavy atom. The number of hydrogen-bond acceptors (Lipinski definition) is 14. The average Bonchev–Trinajstić information content (AvgIpc) is 4.09. The third kappa shape index (κ3) is 10.9. The molecule has 6 aromatic heterocycles. The van der Waals surface area contributed by atoms with Crippen molar-refractivity contribution in [2.45, 2.75) is 10.8 Å². The minimum atomic E-state index is -1.47. The Balaban J connectivity index is 0.000000170. The molecule has 0 aliphatic carbocycles. The van der Waals surface area contributed by atoms with Crippen molar-refractivity contribution in [2.24, 2.45) is 9.98 Å². The van der Waals surface area contributed by atoms with Gasteiger partial charge in [0.1, 0.15) is 22.2 Å². The molecule has 68 heavy (non-hydrogen) atoms. The van der Waals surface area contributed by atoms with Crippen molar-refractivity contribution in [1.29, 1.82) is 0 Å². The summed E-state index contributed by atoms with van der Waals surface area (Å²) < 4.78 is 21.9. The number of hydrogen-bond donors (Lipinski definition) is 7. The largest absolute Gasteiger partial charge is 0.493 e. The van der Waals surface area contributed by atoms with Crippen LogP contribution in [0.25, 0.3) is 23.4 Å². The molecule has 1 unspecified atom stereocenters. The maximum Gasteiger partial charge on any atom is 0.326 e. The van der Waals surface area contributed by atoms with Crippen molar-refractivity contribution >= 4 is 74.6 Å². The van der Waals surface area contributed by atoms with Crippen LogP contribution in [0.5, 0.6) is 11.8 Å². The second-order valence-corrected chi connectivity index (χ2v) is 17.4. The van der Waals surface area contributed by atoms with Gasteiger partial charge in [0.05, 0.1) is 54.4 Å². The van der Waals surface area contributed by atoms with Gasteiger partial charge in [-0.05, 0) is 54.1 Å². The number of ether oxygens (including phenoxy) is 1. The molecule has 10 rings (SSSR count). The van der Waals surface area contributed by atoms with Gasteiger partial charge in [-0.15, -0.1) is 0 Å². The van der Waals surface area contributed by atoms with Gasteiger partial charge < -0.3 is 30.2 Å². The van der Waals surface area contributed by atoms with Gasteiger partial charge in [0.15, 0.2) is 22.3 Å². The first kappa shape index (κ1) is 45.5. The highest BCUT2D eigenvalue weighted by atomic mass is 35.5. The van der Waals surface area contributed by atoms with Crippen molar-refractivity contribution in [3.8, 4) is 11.8 Å². The summed E-state index contributed by atoms with van der Waals surface area (Å²) in [5, 5.41) is 34.6. The normalized spacial score (nSPS) is 14.7. The number of morpholine rings is 1. The molecule has 0 radical (unpaired) electrons. The quantitative estimate of drug-likeness (QED) is 0.0924. The molecule has 7 heterocycles. The predicted molar refractivity (Wildman–Crippen MR) is 255 cm³/mol. The highest BCUT2D eigenvalue weighted by Crippen LogP contribution is 2.20. The second kappa shape index (κ2) is 20.4. The Bertz CT molecular complexity index is 3680. The topological polar surface area (TPSA) is 264 Å². The minimum absolute atomic E-state index is 0.172. The van der Waals surface area contributed by atoms with E-state index in [2.05, 4.69) is 50.3 Å². The third-order valence-electron chi connectivity index (χ3n) is 10.3. The summed E-state index contributed by atoms with van der Waals surface area (Å²) in [5.74, 6) is 0.272. The summed E-state index contributed by atoms with van der Waals surface area (Å²) in [4.78, 5) is 53.5. The van der Waals surface area contributed by atoms with Crippen LogP contribution in [0.3, 0.4) is 0 Å². The zero-order valence-corrected chi connectivity index (χ0v) is 38.0. The molecule has 3 aromatic carbocycles. The zero-order chi connectivity index (χ0) is 47.1. The van der Waals surface area contributed by atoms with E-state index in [0.717, 1.165) is 44.1 Å². The molecule has 1 atom stereocenters. The highest BCUT2D eigenvalue weighted by Gasteiger charge is 2.15. The molecule has 0 spiro atoms. The van der Waals surface area contributed by atoms with Gasteiger partial charge in [-0.1, -0.05) is 65.7 Å². The molecule has 7 N–H and O–H groups in total. The van der Waals surface area contributed by atoms with Crippen LogP contribution in [-0.2, 0) is 21.3 Å². The standard InChI is InChI=1S/C23H17ClN6O3S.C22H23ClN8O3/c24-16-7-4-8-17(10-16)26-19-11-20(34(33)13-14-5-2-1-3-6-14)30-21(28-19)15(12-25-30)9-18-22(31)29-23(32)27-18;23-15-2-1-3-16(11-15)26-18-12-19(24-4-5-30-6-8-34-9-7-30)31-20(28-18)14(13-25-31)10-17-21(32)29-22(33)27-17/h1-12,31H,13H2,(H2,27,29,32);1-3,10-13,26,32H,4-9H2,(H2,27,29,33). The molecule has 0 bridgehead atoms. The molecule has 1 saturated heterocycles. The molecular formula is C45H40Cl2N14O6S. The number of H-pyrrole nitrogens is 4. The molecule has 346 valence electrons. The smallest absolute Gasteiger partial charge is 0.326 e. The number of aromatic hydroxyl groups is 2. The summed E-state index contributed by atoms with van der Waals surface area (Å²) in [6.07, 6.45) is 6.25. The fraction of sp³-hybridized carbons (Fsp3) is 0.156. The summed E-state index contributed by atoms with van der Waals surface area (Å²) in [6, 6.07) is 27.3. The van der Waals surface area contributed by atoms with E-state index in [1.807, 2.05) is 48.5 Å². The van der Waals surface area contributed by atoms with Gasteiger partial charge >= 0.3 is 11.4 Å². The Hall–Kier alpha value is -7.69. The minimum Gasteiger partial charge on any atom is -0.493 e. The fourth-order valence-corrected chi connectivity index (χ4v) is 8.70. The van der Waals surface area contributed by atoms with Crippen molar-refractivity contribution in [1.82, 2.24) is 54.0 Å². The monoisotopic (exact) mass is 974 g/mol. The Morgan fingerprint density at radius 1 is 0.765 bits per heavy atom. The summed E-state index contributed by atoms with van der Waals surface area (Å²) in [6.45, 7) is 4.65. The van der Waals surface area contributed by atoms with Gasteiger partial charge in [0, 0.05) is 57.9 Å². The van der Waals surface area contributed by atoms with E-state index in [-0.39, 0.29) is 28.9 Å². The number of nitrogens with zero attached hydrogens (tertiary/aromatic N) is 9. The summed E-state index contributed by atoms with van der Waals surface area (Å²) >= 11 is 12.2. The van der Waals surface area contributed by atoms with Crippen molar-refractivity contribution in [2.75, 3.05) is 44.7 Å². The number of anilines is 2. The van der Waals surface area contributed by atoms with Gasteiger partial charge in [-0.25, -0.2) is 29.1 Å². The average molecular weight is 976 g/mol. The molecule has 1 aliphatic heterocycles. The van der Waals surface area contributed by atoms with Crippen LogP contribution < -0.4 is 38.1 Å². The summed E-state index contributed by atoms with van der Waals surface area (Å²) in [5.41, 5.74) is 3.44. The fourth-order valence-electron chi connectivity index (χ4n) is 7.12. The molecule has 20 nitrogen and oxygen atoms in total. The van der Waals surface area contributed by atoms with Gasteiger partial charge in [0.2, 0.25) is 11.8 Å². The Kier molecular flexibility index (Phi) is 13.7. The van der Waals surface area contributed by atoms with Crippen LogP contribution in [0.15, 0.2) is 128 Å². The zero-order valence-electron chi connectivity index (χ0n) is 35.6. The molecule has 23 heteroatoms. The lowest BCUT2D eigenvalue weighted by Gasteiger charge is -2.25. The number of nitrogens with one attached hydrogen (secondary N) is 5. The van der Waals surface area contributed by atoms with Gasteiger partial charge in [-0.3, -0.25) is 24.1 Å². The molecular weight excluding hydrogens is 936 g/mol. The molecule has 9 aromatic rings. The SMILES string of the molecule is O=c1[nH]c(O)c(C=c2cnn3c(=NCCN4CCOCC4)cc(Nc4cccc(Cl)c4)nc23)[nH]1.O=c1[nH]c(O)c(C=c2cnn3c(S(=O)Cc4ccccc4)cc(=Nc4cccc(Cl)c4)nc23)[nH]1. The Labute approximate surface area is 396 Å². The van der Waals surface area contributed by atoms with Gasteiger partial charge in [0.25, 0.3) is 0 Å². The van der Waals surface area contributed by atoms with E-state index >= 15 is 0 Å². The number of rotatable bonds is 11.